The molecule has 0 spiro atoms. The molecule has 0 radical (unpaired) electrons. The second-order valence-electron chi connectivity index (χ2n) is 5.99. The molecule has 0 aromatic rings. The minimum Gasteiger partial charge on any atom is -0.392 e. The Hall–Kier alpha value is -0.560. The number of aliphatic hydroxyl groups excluding tert-OH is 1. The molecule has 1 N–H and O–H groups in total. The zero-order valence-electron chi connectivity index (χ0n) is 10.7. The van der Waals surface area contributed by atoms with Crippen LogP contribution in [0, 0.1) is 23.7 Å². The van der Waals surface area contributed by atoms with Crippen molar-refractivity contribution in [1.82, 2.24) is 0 Å². The monoisotopic (exact) mass is 220 g/mol. The molecule has 2 aliphatic rings. The molecule has 1 heteroatoms. The fraction of sp³-hybridized carbons (Fsp3) is 0.733. The lowest BCUT2D eigenvalue weighted by Crippen LogP contribution is -2.42. The lowest BCUT2D eigenvalue weighted by atomic mass is 9.61. The third kappa shape index (κ3) is 1.98. The molecule has 0 heterocycles. The van der Waals surface area contributed by atoms with Crippen LogP contribution in [-0.2, 0) is 0 Å². The standard InChI is InChI=1S/C15H24O/c1-9(2)15-13-7-10(3)5-6-12(13)11(4)8-14(15)16/h7,9,12-16H,4-6,8H2,1-3H3/t12-,13-,14+,15+/m1/s1. The highest BCUT2D eigenvalue weighted by Gasteiger charge is 2.41. The second kappa shape index (κ2) is 4.37. The highest BCUT2D eigenvalue weighted by Crippen LogP contribution is 2.47. The molecule has 0 saturated heterocycles. The second-order valence-corrected chi connectivity index (χ2v) is 5.99. The van der Waals surface area contributed by atoms with E-state index in [2.05, 4.69) is 33.4 Å². The van der Waals surface area contributed by atoms with E-state index in [4.69, 9.17) is 0 Å². The molecule has 0 unspecified atom stereocenters. The molecule has 16 heavy (non-hydrogen) atoms. The average Bonchev–Trinajstić information content (AvgIpc) is 2.15. The minimum atomic E-state index is -0.184. The van der Waals surface area contributed by atoms with Crippen molar-refractivity contribution in [3.8, 4) is 0 Å². The number of hydrogen-bond donors (Lipinski definition) is 1. The van der Waals surface area contributed by atoms with Crippen LogP contribution < -0.4 is 0 Å². The molecule has 0 aromatic heterocycles. The van der Waals surface area contributed by atoms with Crippen LogP contribution in [0.3, 0.4) is 0 Å². The van der Waals surface area contributed by atoms with Gasteiger partial charge in [-0.15, -0.1) is 0 Å². The van der Waals surface area contributed by atoms with Crippen LogP contribution in [0.15, 0.2) is 23.8 Å². The van der Waals surface area contributed by atoms with Crippen molar-refractivity contribution in [2.45, 2.75) is 46.1 Å². The number of fused-ring (bicyclic) bond motifs is 1. The molecule has 0 bridgehead atoms. The molecule has 0 aliphatic heterocycles. The zero-order valence-corrected chi connectivity index (χ0v) is 10.7. The fourth-order valence-electron chi connectivity index (χ4n) is 3.66. The quantitative estimate of drug-likeness (QED) is 0.670. The van der Waals surface area contributed by atoms with E-state index in [0.717, 1.165) is 6.42 Å². The molecule has 0 aromatic carbocycles. The summed E-state index contributed by atoms with van der Waals surface area (Å²) >= 11 is 0. The Balaban J connectivity index is 2.31. The van der Waals surface area contributed by atoms with E-state index in [0.29, 0.717) is 23.7 Å². The van der Waals surface area contributed by atoms with Gasteiger partial charge in [-0.2, -0.15) is 0 Å². The smallest absolute Gasteiger partial charge is 0.0613 e. The van der Waals surface area contributed by atoms with Crippen molar-refractivity contribution in [2.75, 3.05) is 0 Å². The normalized spacial score (nSPS) is 39.6. The number of aliphatic hydroxyl groups is 1. The lowest BCUT2D eigenvalue weighted by Gasteiger charge is -2.45. The molecule has 2 rings (SSSR count). The maximum absolute atomic E-state index is 10.2. The van der Waals surface area contributed by atoms with Crippen LogP contribution in [0.25, 0.3) is 0 Å². The first-order chi connectivity index (χ1) is 7.50. The Morgan fingerprint density at radius 1 is 1.44 bits per heavy atom. The summed E-state index contributed by atoms with van der Waals surface area (Å²) in [4.78, 5) is 0. The van der Waals surface area contributed by atoms with Crippen LogP contribution in [0.4, 0.5) is 0 Å². The van der Waals surface area contributed by atoms with Gasteiger partial charge in [0.05, 0.1) is 6.10 Å². The molecule has 0 amide bonds. The first-order valence-electron chi connectivity index (χ1n) is 6.53. The Bertz CT molecular complexity index is 313. The van der Waals surface area contributed by atoms with Crippen molar-refractivity contribution < 1.29 is 5.11 Å². The molecular formula is C15H24O. The van der Waals surface area contributed by atoms with Crippen molar-refractivity contribution in [3.63, 3.8) is 0 Å². The topological polar surface area (TPSA) is 20.2 Å². The summed E-state index contributed by atoms with van der Waals surface area (Å²) in [5, 5.41) is 10.2. The fourth-order valence-corrected chi connectivity index (χ4v) is 3.66. The summed E-state index contributed by atoms with van der Waals surface area (Å²) in [6, 6.07) is 0. The molecule has 4 atom stereocenters. The first kappa shape index (κ1) is 11.9. The average molecular weight is 220 g/mol. The highest BCUT2D eigenvalue weighted by atomic mass is 16.3. The molecular weight excluding hydrogens is 196 g/mol. The van der Waals surface area contributed by atoms with E-state index in [9.17, 15) is 5.11 Å². The van der Waals surface area contributed by atoms with Gasteiger partial charge in [0.25, 0.3) is 0 Å². The van der Waals surface area contributed by atoms with Crippen LogP contribution in [0.1, 0.15) is 40.0 Å². The van der Waals surface area contributed by atoms with E-state index in [-0.39, 0.29) is 6.10 Å². The minimum absolute atomic E-state index is 0.184. The van der Waals surface area contributed by atoms with Crippen LogP contribution in [0.2, 0.25) is 0 Å². The van der Waals surface area contributed by atoms with Crippen LogP contribution in [-0.4, -0.2) is 11.2 Å². The van der Waals surface area contributed by atoms with E-state index < -0.39 is 0 Å². The summed E-state index contributed by atoms with van der Waals surface area (Å²) in [6.45, 7) is 10.9. The predicted octanol–water partition coefficient (Wildman–Crippen LogP) is 3.55. The van der Waals surface area contributed by atoms with Crippen molar-refractivity contribution in [1.29, 1.82) is 0 Å². The third-order valence-corrected chi connectivity index (χ3v) is 4.45. The number of hydrogen-bond acceptors (Lipinski definition) is 1. The Morgan fingerprint density at radius 3 is 2.75 bits per heavy atom. The molecule has 2 aliphatic carbocycles. The third-order valence-electron chi connectivity index (χ3n) is 4.45. The van der Waals surface area contributed by atoms with Crippen LogP contribution in [0.5, 0.6) is 0 Å². The zero-order chi connectivity index (χ0) is 11.9. The SMILES string of the molecule is C=C1C[C@H](O)[C@@H](C(C)C)[C@@H]2C=C(C)CC[C@H]12. The van der Waals surface area contributed by atoms with Crippen LogP contribution >= 0.6 is 0 Å². The Labute approximate surface area is 99.3 Å². The lowest BCUT2D eigenvalue weighted by molar-refractivity contribution is 0.0163. The maximum Gasteiger partial charge on any atom is 0.0613 e. The molecule has 1 nitrogen and oxygen atoms in total. The summed E-state index contributed by atoms with van der Waals surface area (Å²) in [7, 11) is 0. The summed E-state index contributed by atoms with van der Waals surface area (Å²) in [5.41, 5.74) is 2.77. The van der Waals surface area contributed by atoms with E-state index in [1.165, 1.54) is 24.0 Å². The highest BCUT2D eigenvalue weighted by molar-refractivity contribution is 5.21. The largest absolute Gasteiger partial charge is 0.392 e. The van der Waals surface area contributed by atoms with Gasteiger partial charge >= 0.3 is 0 Å². The van der Waals surface area contributed by atoms with Crippen molar-refractivity contribution in [2.24, 2.45) is 23.7 Å². The summed E-state index contributed by atoms with van der Waals surface area (Å²) in [5.74, 6) is 2.13. The van der Waals surface area contributed by atoms with Gasteiger partial charge in [0, 0.05) is 0 Å². The van der Waals surface area contributed by atoms with Gasteiger partial charge in [-0.05, 0) is 49.9 Å². The number of allylic oxidation sites excluding steroid dienone is 2. The van der Waals surface area contributed by atoms with E-state index in [1.807, 2.05) is 0 Å². The van der Waals surface area contributed by atoms with Gasteiger partial charge in [0.1, 0.15) is 0 Å². The Morgan fingerprint density at radius 2 is 2.12 bits per heavy atom. The van der Waals surface area contributed by atoms with E-state index >= 15 is 0 Å². The van der Waals surface area contributed by atoms with E-state index in [1.54, 1.807) is 0 Å². The molecule has 1 fully saturated rings. The van der Waals surface area contributed by atoms with Crippen molar-refractivity contribution >= 4 is 0 Å². The first-order valence-corrected chi connectivity index (χ1v) is 6.53. The van der Waals surface area contributed by atoms with Crippen molar-refractivity contribution in [3.05, 3.63) is 23.8 Å². The van der Waals surface area contributed by atoms with Gasteiger partial charge in [-0.25, -0.2) is 0 Å². The van der Waals surface area contributed by atoms with Gasteiger partial charge in [-0.1, -0.05) is 37.6 Å². The molecule has 1 saturated carbocycles. The van der Waals surface area contributed by atoms with Gasteiger partial charge in [0.15, 0.2) is 0 Å². The summed E-state index contributed by atoms with van der Waals surface area (Å²) in [6.07, 6.45) is 5.49. The summed E-state index contributed by atoms with van der Waals surface area (Å²) < 4.78 is 0. The van der Waals surface area contributed by atoms with Gasteiger partial charge in [0.2, 0.25) is 0 Å². The Kier molecular flexibility index (Phi) is 3.25. The van der Waals surface area contributed by atoms with Gasteiger partial charge < -0.3 is 5.11 Å². The molecule has 90 valence electrons. The predicted molar refractivity (Wildman–Crippen MR) is 68.1 cm³/mol. The van der Waals surface area contributed by atoms with Gasteiger partial charge in [-0.3, -0.25) is 0 Å². The number of rotatable bonds is 1. The maximum atomic E-state index is 10.2.